The molecular weight excluding hydrogens is 244 g/mol. The summed E-state index contributed by atoms with van der Waals surface area (Å²) < 4.78 is 5.12. The molecule has 0 spiro atoms. The molecule has 0 aromatic rings. The van der Waals surface area contributed by atoms with Crippen molar-refractivity contribution in [2.24, 2.45) is 11.3 Å². The molecule has 0 heterocycles. The smallest absolute Gasteiger partial charge is 0.319 e. The zero-order valence-electron chi connectivity index (χ0n) is 11.7. The van der Waals surface area contributed by atoms with Crippen molar-refractivity contribution in [1.82, 2.24) is 0 Å². The molecule has 0 radical (unpaired) electrons. The van der Waals surface area contributed by atoms with Crippen molar-refractivity contribution >= 4 is 19.8 Å². The van der Waals surface area contributed by atoms with Crippen molar-refractivity contribution < 1.29 is 14.3 Å². The lowest BCUT2D eigenvalue weighted by molar-refractivity contribution is -0.159. The lowest BCUT2D eigenvalue weighted by Gasteiger charge is -2.33. The minimum Gasteiger partial charge on any atom is -0.465 e. The van der Waals surface area contributed by atoms with Crippen molar-refractivity contribution in [2.45, 2.75) is 45.8 Å². The van der Waals surface area contributed by atoms with Gasteiger partial charge in [-0.05, 0) is 26.2 Å². The molecule has 1 saturated carbocycles. The van der Waals surface area contributed by atoms with Gasteiger partial charge in [0.2, 0.25) is 0 Å². The molecule has 2 bridgehead atoms. The van der Waals surface area contributed by atoms with Crippen LogP contribution in [0.2, 0.25) is 19.6 Å². The summed E-state index contributed by atoms with van der Waals surface area (Å²) in [5, 5.41) is 1.34. The largest absolute Gasteiger partial charge is 0.465 e. The first-order valence-electron chi connectivity index (χ1n) is 6.75. The van der Waals surface area contributed by atoms with Crippen LogP contribution in [0, 0.1) is 11.3 Å². The molecule has 100 valence electrons. The standard InChI is InChI=1S/C14H22O3Si/c1-5-17-13(16)14-8-6-10(12(14)15)11(7-9-14)18(2,3)4/h7,10H,5-6,8-9H2,1-4H3/t10-,14-/m1/s1. The fourth-order valence-corrected chi connectivity index (χ4v) is 5.32. The van der Waals surface area contributed by atoms with E-state index in [1.54, 1.807) is 6.92 Å². The van der Waals surface area contributed by atoms with Gasteiger partial charge in [0.25, 0.3) is 0 Å². The van der Waals surface area contributed by atoms with Crippen LogP contribution in [-0.4, -0.2) is 26.4 Å². The molecule has 1 fully saturated rings. The normalized spacial score (nSPS) is 31.2. The lowest BCUT2D eigenvalue weighted by Crippen LogP contribution is -2.43. The monoisotopic (exact) mass is 266 g/mol. The Morgan fingerprint density at radius 3 is 2.72 bits per heavy atom. The predicted octanol–water partition coefficient (Wildman–Crippen LogP) is 2.72. The maximum Gasteiger partial charge on any atom is 0.319 e. The average Bonchev–Trinajstić information content (AvgIpc) is 2.49. The number of esters is 1. The molecule has 0 aliphatic heterocycles. The molecule has 3 nitrogen and oxygen atoms in total. The van der Waals surface area contributed by atoms with Crippen LogP contribution in [0.1, 0.15) is 26.2 Å². The number of ether oxygens (including phenoxy) is 1. The molecule has 2 aliphatic rings. The van der Waals surface area contributed by atoms with E-state index < -0.39 is 13.5 Å². The van der Waals surface area contributed by atoms with Crippen molar-refractivity contribution in [3.63, 3.8) is 0 Å². The number of Topliss-reactive ketones (excluding diaryl/α,β-unsaturated/α-hetero) is 1. The Morgan fingerprint density at radius 1 is 1.50 bits per heavy atom. The molecule has 2 aliphatic carbocycles. The third-order valence-electron chi connectivity index (χ3n) is 4.23. The Morgan fingerprint density at radius 2 is 2.17 bits per heavy atom. The minimum atomic E-state index is -1.45. The van der Waals surface area contributed by atoms with Gasteiger partial charge in [-0.2, -0.15) is 0 Å². The predicted molar refractivity (Wildman–Crippen MR) is 72.8 cm³/mol. The van der Waals surface area contributed by atoms with E-state index in [-0.39, 0.29) is 17.7 Å². The van der Waals surface area contributed by atoms with E-state index in [2.05, 4.69) is 25.7 Å². The third-order valence-corrected chi connectivity index (χ3v) is 6.51. The minimum absolute atomic E-state index is 0.00479. The first kappa shape index (κ1) is 13.5. The summed E-state index contributed by atoms with van der Waals surface area (Å²) in [4.78, 5) is 24.6. The van der Waals surface area contributed by atoms with Gasteiger partial charge in [-0.25, -0.2) is 0 Å². The van der Waals surface area contributed by atoms with Crippen LogP contribution in [0.25, 0.3) is 0 Å². The zero-order valence-corrected chi connectivity index (χ0v) is 12.7. The third kappa shape index (κ3) is 1.87. The number of fused-ring (bicyclic) bond motifs is 2. The summed E-state index contributed by atoms with van der Waals surface area (Å²) in [6.45, 7) is 8.94. The Labute approximate surface area is 110 Å². The van der Waals surface area contributed by atoms with Crippen LogP contribution in [0.4, 0.5) is 0 Å². The van der Waals surface area contributed by atoms with E-state index in [4.69, 9.17) is 4.74 Å². The van der Waals surface area contributed by atoms with E-state index in [1.807, 2.05) is 0 Å². The molecule has 2 rings (SSSR count). The van der Waals surface area contributed by atoms with Crippen LogP contribution < -0.4 is 0 Å². The lowest BCUT2D eigenvalue weighted by atomic mass is 9.77. The Hall–Kier alpha value is -0.903. The first-order chi connectivity index (χ1) is 8.33. The maximum absolute atomic E-state index is 12.6. The number of allylic oxidation sites excluding steroid dienone is 2. The van der Waals surface area contributed by atoms with Gasteiger partial charge in [-0.15, -0.1) is 0 Å². The SMILES string of the molecule is CCOC(=O)[C@@]12CC=C([Si](C)(C)C)[C@@H](CC1)C2=O. The van der Waals surface area contributed by atoms with Crippen molar-refractivity contribution in [3.8, 4) is 0 Å². The maximum atomic E-state index is 12.6. The highest BCUT2D eigenvalue weighted by molar-refractivity contribution is 6.83. The second kappa shape index (κ2) is 4.33. The highest BCUT2D eigenvalue weighted by atomic mass is 28.3. The summed E-state index contributed by atoms with van der Waals surface area (Å²) >= 11 is 0. The molecule has 0 aromatic heterocycles. The second-order valence-electron chi connectivity index (χ2n) is 6.37. The van der Waals surface area contributed by atoms with Gasteiger partial charge >= 0.3 is 5.97 Å². The summed E-state index contributed by atoms with van der Waals surface area (Å²) in [5.41, 5.74) is -0.843. The summed E-state index contributed by atoms with van der Waals surface area (Å²) in [6, 6.07) is 0. The Kier molecular flexibility index (Phi) is 3.26. The highest BCUT2D eigenvalue weighted by Crippen LogP contribution is 2.50. The molecule has 0 aromatic carbocycles. The number of hydrogen-bond donors (Lipinski definition) is 0. The van der Waals surface area contributed by atoms with E-state index in [9.17, 15) is 9.59 Å². The van der Waals surface area contributed by atoms with Crippen molar-refractivity contribution in [2.75, 3.05) is 6.61 Å². The van der Waals surface area contributed by atoms with Crippen LogP contribution in [0.15, 0.2) is 11.3 Å². The van der Waals surface area contributed by atoms with Crippen molar-refractivity contribution in [3.05, 3.63) is 11.3 Å². The topological polar surface area (TPSA) is 43.4 Å². The van der Waals surface area contributed by atoms with Gasteiger partial charge in [-0.3, -0.25) is 9.59 Å². The van der Waals surface area contributed by atoms with Gasteiger partial charge < -0.3 is 4.74 Å². The van der Waals surface area contributed by atoms with Gasteiger partial charge in [0, 0.05) is 5.92 Å². The van der Waals surface area contributed by atoms with Crippen LogP contribution in [-0.2, 0) is 14.3 Å². The fraction of sp³-hybridized carbons (Fsp3) is 0.714. The van der Waals surface area contributed by atoms with E-state index in [0.29, 0.717) is 19.4 Å². The van der Waals surface area contributed by atoms with Gasteiger partial charge in [0.05, 0.1) is 14.7 Å². The van der Waals surface area contributed by atoms with Crippen LogP contribution in [0.5, 0.6) is 0 Å². The molecular formula is C14H22O3Si. The molecule has 18 heavy (non-hydrogen) atoms. The first-order valence-corrected chi connectivity index (χ1v) is 10.2. The second-order valence-corrected chi connectivity index (χ2v) is 11.4. The average molecular weight is 266 g/mol. The van der Waals surface area contributed by atoms with E-state index in [1.165, 1.54) is 5.20 Å². The summed E-state index contributed by atoms with van der Waals surface area (Å²) in [6.07, 6.45) is 4.22. The molecule has 0 N–H and O–H groups in total. The van der Waals surface area contributed by atoms with Gasteiger partial charge in [-0.1, -0.05) is 30.9 Å². The summed E-state index contributed by atoms with van der Waals surface area (Å²) in [5.74, 6) is -0.181. The zero-order chi connectivity index (χ0) is 13.6. The van der Waals surface area contributed by atoms with Crippen molar-refractivity contribution in [1.29, 1.82) is 0 Å². The number of carbonyl (C=O) groups is 2. The molecule has 0 saturated heterocycles. The van der Waals surface area contributed by atoms with Gasteiger partial charge in [0.15, 0.2) is 5.78 Å². The molecule has 4 heteroatoms. The molecule has 0 unspecified atom stereocenters. The Bertz CT molecular complexity index is 419. The Balaban J connectivity index is 2.34. The van der Waals surface area contributed by atoms with Crippen LogP contribution in [0.3, 0.4) is 0 Å². The number of carbonyl (C=O) groups excluding carboxylic acids is 2. The van der Waals surface area contributed by atoms with Gasteiger partial charge in [0.1, 0.15) is 5.41 Å². The number of ketones is 1. The molecule has 0 amide bonds. The fourth-order valence-electron chi connectivity index (χ4n) is 3.29. The number of rotatable bonds is 3. The number of hydrogen-bond acceptors (Lipinski definition) is 3. The highest BCUT2D eigenvalue weighted by Gasteiger charge is 2.57. The quantitative estimate of drug-likeness (QED) is 0.448. The van der Waals surface area contributed by atoms with E-state index in [0.717, 1.165) is 6.42 Å². The van der Waals surface area contributed by atoms with E-state index >= 15 is 0 Å². The summed E-state index contributed by atoms with van der Waals surface area (Å²) in [7, 11) is -1.45. The van der Waals surface area contributed by atoms with Crippen LogP contribution >= 0.6 is 0 Å². The molecule has 2 atom stereocenters.